The van der Waals surface area contributed by atoms with Crippen molar-refractivity contribution in [2.75, 3.05) is 39.4 Å². The standard InChI is InChI=1S/C24H25N7O3/c25-21-18(23(32)27-7-9-29-10-12-34-13-11-29)14-19-22(31(21)16-17-4-3-6-26-15-17)28-20-5-1-2-8-30(20)24(19)33/h1-6,8,14-15,25H,7,9-13,16H2,(H,27,32). The lowest BCUT2D eigenvalue weighted by Gasteiger charge is -2.26. The lowest BCUT2D eigenvalue weighted by atomic mass is 10.1. The van der Waals surface area contributed by atoms with Crippen LogP contribution in [0.2, 0.25) is 0 Å². The molecule has 1 amide bonds. The van der Waals surface area contributed by atoms with Gasteiger partial charge in [-0.05, 0) is 29.8 Å². The summed E-state index contributed by atoms with van der Waals surface area (Å²) in [7, 11) is 0. The third-order valence-electron chi connectivity index (χ3n) is 5.94. The van der Waals surface area contributed by atoms with Crippen LogP contribution in [-0.2, 0) is 11.3 Å². The van der Waals surface area contributed by atoms with Crippen LogP contribution in [0.4, 0.5) is 0 Å². The fourth-order valence-corrected chi connectivity index (χ4v) is 4.14. The lowest BCUT2D eigenvalue weighted by Crippen LogP contribution is -2.42. The van der Waals surface area contributed by atoms with E-state index in [1.807, 2.05) is 12.1 Å². The Kier molecular flexibility index (Phi) is 6.15. The predicted molar refractivity (Wildman–Crippen MR) is 126 cm³/mol. The van der Waals surface area contributed by atoms with Gasteiger partial charge in [-0.15, -0.1) is 0 Å². The minimum Gasteiger partial charge on any atom is -0.379 e. The van der Waals surface area contributed by atoms with Crippen molar-refractivity contribution in [3.05, 3.63) is 82.0 Å². The molecule has 0 unspecified atom stereocenters. The van der Waals surface area contributed by atoms with Gasteiger partial charge < -0.3 is 14.6 Å². The number of ether oxygens (including phenoxy) is 1. The molecule has 4 aromatic rings. The number of aromatic nitrogens is 4. The highest BCUT2D eigenvalue weighted by Crippen LogP contribution is 2.12. The number of pyridine rings is 3. The number of amides is 1. The molecule has 1 aliphatic heterocycles. The van der Waals surface area contributed by atoms with Crippen LogP contribution >= 0.6 is 0 Å². The van der Waals surface area contributed by atoms with E-state index in [-0.39, 0.29) is 28.5 Å². The van der Waals surface area contributed by atoms with Gasteiger partial charge in [0.2, 0.25) is 0 Å². The third kappa shape index (κ3) is 4.33. The Bertz CT molecular complexity index is 1460. The lowest BCUT2D eigenvalue weighted by molar-refractivity contribution is 0.0383. The minimum absolute atomic E-state index is 0.00703. The second kappa shape index (κ2) is 9.54. The van der Waals surface area contributed by atoms with Crippen LogP contribution in [0, 0.1) is 5.41 Å². The normalized spacial score (nSPS) is 14.5. The minimum atomic E-state index is -0.391. The van der Waals surface area contributed by atoms with E-state index < -0.39 is 5.91 Å². The van der Waals surface area contributed by atoms with Gasteiger partial charge in [0.25, 0.3) is 11.5 Å². The quantitative estimate of drug-likeness (QED) is 0.409. The highest BCUT2D eigenvalue weighted by Gasteiger charge is 2.18. The first-order chi connectivity index (χ1) is 16.6. The van der Waals surface area contributed by atoms with E-state index in [9.17, 15) is 9.59 Å². The third-order valence-corrected chi connectivity index (χ3v) is 5.94. The van der Waals surface area contributed by atoms with E-state index in [1.54, 1.807) is 41.4 Å². The van der Waals surface area contributed by atoms with Crippen molar-refractivity contribution in [2.45, 2.75) is 6.54 Å². The Hall–Kier alpha value is -3.89. The number of carbonyl (C=O) groups is 1. The Morgan fingerprint density at radius 2 is 2.03 bits per heavy atom. The Morgan fingerprint density at radius 3 is 2.82 bits per heavy atom. The Balaban J connectivity index is 1.56. The van der Waals surface area contributed by atoms with Crippen LogP contribution in [0.1, 0.15) is 15.9 Å². The first-order valence-corrected chi connectivity index (χ1v) is 11.2. The van der Waals surface area contributed by atoms with Gasteiger partial charge in [0.1, 0.15) is 16.8 Å². The highest BCUT2D eigenvalue weighted by molar-refractivity contribution is 5.96. The van der Waals surface area contributed by atoms with E-state index in [4.69, 9.17) is 10.1 Å². The number of hydrogen-bond donors (Lipinski definition) is 2. The average Bonchev–Trinajstić information content (AvgIpc) is 2.87. The van der Waals surface area contributed by atoms with Crippen molar-refractivity contribution in [2.24, 2.45) is 0 Å². The number of carbonyl (C=O) groups excluding carboxylic acids is 1. The summed E-state index contributed by atoms with van der Waals surface area (Å²) in [5, 5.41) is 12.0. The van der Waals surface area contributed by atoms with Crippen LogP contribution in [0.25, 0.3) is 16.7 Å². The van der Waals surface area contributed by atoms with Gasteiger partial charge in [-0.1, -0.05) is 12.1 Å². The van der Waals surface area contributed by atoms with Crippen molar-refractivity contribution < 1.29 is 9.53 Å². The molecule has 0 aromatic carbocycles. The molecule has 10 heteroatoms. The monoisotopic (exact) mass is 459 g/mol. The smallest absolute Gasteiger partial charge is 0.267 e. The summed E-state index contributed by atoms with van der Waals surface area (Å²) in [6, 6.07) is 10.5. The van der Waals surface area contributed by atoms with Crippen molar-refractivity contribution in [3.8, 4) is 0 Å². The predicted octanol–water partition coefficient (Wildman–Crippen LogP) is 0.634. The molecular weight excluding hydrogens is 434 g/mol. The summed E-state index contributed by atoms with van der Waals surface area (Å²) in [5.41, 5.74) is 1.50. The Morgan fingerprint density at radius 1 is 1.18 bits per heavy atom. The number of rotatable bonds is 6. The fourth-order valence-electron chi connectivity index (χ4n) is 4.14. The molecule has 1 aliphatic rings. The number of hydrogen-bond acceptors (Lipinski definition) is 7. The van der Waals surface area contributed by atoms with Crippen molar-refractivity contribution in [3.63, 3.8) is 0 Å². The number of nitrogens with one attached hydrogen (secondary N) is 2. The SMILES string of the molecule is N=c1c(C(=O)NCCN2CCOCC2)cc2c(=O)n3ccccc3nc2n1Cc1cccnc1. The molecule has 174 valence electrons. The van der Waals surface area contributed by atoms with Gasteiger partial charge in [-0.2, -0.15) is 0 Å². The second-order valence-electron chi connectivity index (χ2n) is 8.15. The zero-order valence-electron chi connectivity index (χ0n) is 18.6. The summed E-state index contributed by atoms with van der Waals surface area (Å²) < 4.78 is 8.40. The molecule has 0 bridgehead atoms. The van der Waals surface area contributed by atoms with Gasteiger partial charge in [0, 0.05) is 44.8 Å². The maximum absolute atomic E-state index is 13.3. The van der Waals surface area contributed by atoms with Crippen molar-refractivity contribution in [1.29, 1.82) is 5.41 Å². The molecule has 0 radical (unpaired) electrons. The van der Waals surface area contributed by atoms with Gasteiger partial charge in [0.05, 0.1) is 30.7 Å². The van der Waals surface area contributed by atoms with E-state index in [2.05, 4.69) is 20.2 Å². The molecule has 1 saturated heterocycles. The van der Waals surface area contributed by atoms with E-state index >= 15 is 0 Å². The summed E-state index contributed by atoms with van der Waals surface area (Å²) >= 11 is 0. The molecule has 5 heterocycles. The first-order valence-electron chi connectivity index (χ1n) is 11.2. The molecule has 2 N–H and O–H groups in total. The molecular formula is C24H25N7O3. The Labute approximate surface area is 195 Å². The van der Waals surface area contributed by atoms with Crippen LogP contribution in [-0.4, -0.2) is 69.1 Å². The molecule has 34 heavy (non-hydrogen) atoms. The summed E-state index contributed by atoms with van der Waals surface area (Å²) in [5.74, 6) is -0.391. The molecule has 0 saturated carbocycles. The largest absolute Gasteiger partial charge is 0.379 e. The van der Waals surface area contributed by atoms with Crippen LogP contribution in [0.15, 0.2) is 59.8 Å². The molecule has 5 rings (SSSR count). The fraction of sp³-hybridized carbons (Fsp3) is 0.292. The molecule has 4 aromatic heterocycles. The number of fused-ring (bicyclic) bond motifs is 2. The van der Waals surface area contributed by atoms with Gasteiger partial charge in [-0.25, -0.2) is 4.98 Å². The molecule has 0 aliphatic carbocycles. The van der Waals surface area contributed by atoms with E-state index in [0.29, 0.717) is 37.6 Å². The van der Waals surface area contributed by atoms with Crippen LogP contribution in [0.3, 0.4) is 0 Å². The summed E-state index contributed by atoms with van der Waals surface area (Å²) in [6.45, 7) is 4.43. The highest BCUT2D eigenvalue weighted by atomic mass is 16.5. The first kappa shape index (κ1) is 21.9. The number of morpholine rings is 1. The maximum atomic E-state index is 13.3. The maximum Gasteiger partial charge on any atom is 0.267 e. The van der Waals surface area contributed by atoms with E-state index in [1.165, 1.54) is 10.5 Å². The van der Waals surface area contributed by atoms with Crippen LogP contribution < -0.4 is 16.4 Å². The molecule has 0 atom stereocenters. The van der Waals surface area contributed by atoms with Gasteiger partial charge in [0.15, 0.2) is 0 Å². The molecule has 0 spiro atoms. The topological polar surface area (TPSA) is 118 Å². The van der Waals surface area contributed by atoms with Gasteiger partial charge >= 0.3 is 0 Å². The number of nitrogens with zero attached hydrogens (tertiary/aromatic N) is 5. The van der Waals surface area contributed by atoms with Gasteiger partial charge in [-0.3, -0.25) is 29.3 Å². The zero-order valence-corrected chi connectivity index (χ0v) is 18.6. The van der Waals surface area contributed by atoms with Crippen LogP contribution in [0.5, 0.6) is 0 Å². The second-order valence-corrected chi connectivity index (χ2v) is 8.15. The summed E-state index contributed by atoms with van der Waals surface area (Å²) in [4.78, 5) is 37.4. The average molecular weight is 460 g/mol. The molecule has 1 fully saturated rings. The van der Waals surface area contributed by atoms with E-state index in [0.717, 1.165) is 18.7 Å². The van der Waals surface area contributed by atoms with Crippen molar-refractivity contribution >= 4 is 22.6 Å². The molecule has 10 nitrogen and oxygen atoms in total. The van der Waals surface area contributed by atoms with Crippen molar-refractivity contribution in [1.82, 2.24) is 29.2 Å². The summed E-state index contributed by atoms with van der Waals surface area (Å²) in [6.07, 6.45) is 5.01. The zero-order chi connectivity index (χ0) is 23.5.